The molecule has 2 aliphatic carbocycles. The van der Waals surface area contributed by atoms with Crippen molar-refractivity contribution in [1.29, 1.82) is 0 Å². The number of hydrogen-bond acceptors (Lipinski definition) is 4. The lowest BCUT2D eigenvalue weighted by Crippen LogP contribution is -2.17. The summed E-state index contributed by atoms with van der Waals surface area (Å²) in [6.45, 7) is 9.49. The molecule has 2 rings (SSSR count). The van der Waals surface area contributed by atoms with Gasteiger partial charge >= 0.3 is 0 Å². The van der Waals surface area contributed by atoms with E-state index >= 15 is 0 Å². The maximum Gasteiger partial charge on any atom is 0.211 e. The Hall–Kier alpha value is -3.02. The van der Waals surface area contributed by atoms with E-state index < -0.39 is 5.54 Å². The summed E-state index contributed by atoms with van der Waals surface area (Å²) >= 11 is 0. The molecule has 0 bridgehead atoms. The van der Waals surface area contributed by atoms with Crippen molar-refractivity contribution in [2.75, 3.05) is 5.32 Å². The van der Waals surface area contributed by atoms with E-state index in [1.807, 2.05) is 13.0 Å². The first kappa shape index (κ1) is 20.3. The molecule has 2 aliphatic rings. The molecule has 0 atom stereocenters. The second kappa shape index (κ2) is 8.12. The maximum absolute atomic E-state index is 11.2. The monoisotopic (exact) mass is 367 g/mol. The lowest BCUT2D eigenvalue weighted by Gasteiger charge is -2.14. The summed E-state index contributed by atoms with van der Waals surface area (Å²) in [7, 11) is 0. The van der Waals surface area contributed by atoms with Crippen molar-refractivity contribution in [3.8, 4) is 11.1 Å². The molecule has 142 valence electrons. The number of fused-ring (bicyclic) bond motifs is 1. The van der Waals surface area contributed by atoms with Gasteiger partial charge in [0, 0.05) is 22.5 Å². The molecule has 6 nitrogen and oxygen atoms in total. The Labute approximate surface area is 159 Å². The van der Waals surface area contributed by atoms with Crippen molar-refractivity contribution in [1.82, 2.24) is 5.32 Å². The van der Waals surface area contributed by atoms with Crippen molar-refractivity contribution in [2.24, 2.45) is 5.18 Å². The van der Waals surface area contributed by atoms with E-state index in [0.717, 1.165) is 27.8 Å². The molecule has 0 spiro atoms. The zero-order valence-corrected chi connectivity index (χ0v) is 16.3. The largest absolute Gasteiger partial charge is 0.328 e. The van der Waals surface area contributed by atoms with Gasteiger partial charge in [-0.1, -0.05) is 37.2 Å². The molecular weight excluding hydrogens is 342 g/mol. The lowest BCUT2D eigenvalue weighted by atomic mass is 9.97. The zero-order chi connectivity index (χ0) is 20.2. The van der Waals surface area contributed by atoms with Gasteiger partial charge in [-0.15, -0.1) is 4.91 Å². The van der Waals surface area contributed by atoms with Crippen LogP contribution >= 0.6 is 0 Å². The fraction of sp³-hybridized carbons (Fsp3) is 0.333. The molecule has 0 saturated carbocycles. The highest BCUT2D eigenvalue weighted by molar-refractivity contribution is 5.98. The first-order valence-corrected chi connectivity index (χ1v) is 8.79. The summed E-state index contributed by atoms with van der Waals surface area (Å²) in [5, 5.41) is 8.53. The first-order valence-electron chi connectivity index (χ1n) is 8.79. The van der Waals surface area contributed by atoms with E-state index in [1.165, 1.54) is 0 Å². The first-order chi connectivity index (χ1) is 12.7. The Morgan fingerprint density at radius 1 is 1.15 bits per heavy atom. The fourth-order valence-corrected chi connectivity index (χ4v) is 3.07. The van der Waals surface area contributed by atoms with E-state index in [-0.39, 0.29) is 0 Å². The number of hydrogen-bond donors (Lipinski definition) is 2. The summed E-state index contributed by atoms with van der Waals surface area (Å²) < 4.78 is 0. The summed E-state index contributed by atoms with van der Waals surface area (Å²) in [5.41, 5.74) is 4.72. The molecule has 6 heteroatoms. The summed E-state index contributed by atoms with van der Waals surface area (Å²) in [6, 6.07) is 7.94. The number of amides is 2. The van der Waals surface area contributed by atoms with Crippen LogP contribution in [0.2, 0.25) is 0 Å². The SMILES string of the molecule is Cc1ccc(C(C)C)cc2c(C(=CC(C)(C)N=O)NC=O)cc(NC=O)c1-2. The molecule has 0 saturated heterocycles. The highest BCUT2D eigenvalue weighted by atomic mass is 16.3. The number of carbonyl (C=O) groups is 2. The van der Waals surface area contributed by atoms with E-state index in [2.05, 4.69) is 41.8 Å². The van der Waals surface area contributed by atoms with Crippen LogP contribution in [0.25, 0.3) is 16.8 Å². The van der Waals surface area contributed by atoms with Crippen molar-refractivity contribution < 1.29 is 9.59 Å². The van der Waals surface area contributed by atoms with Gasteiger partial charge in [0.15, 0.2) is 0 Å². The molecule has 0 heterocycles. The highest BCUT2D eigenvalue weighted by Crippen LogP contribution is 2.42. The minimum Gasteiger partial charge on any atom is -0.328 e. The summed E-state index contributed by atoms with van der Waals surface area (Å²) in [4.78, 5) is 33.5. The summed E-state index contributed by atoms with van der Waals surface area (Å²) in [6.07, 6.45) is 2.81. The quantitative estimate of drug-likeness (QED) is 0.535. The average Bonchev–Trinajstić information content (AvgIpc) is 2.86. The second-order valence-corrected chi connectivity index (χ2v) is 7.40. The topological polar surface area (TPSA) is 87.6 Å². The van der Waals surface area contributed by atoms with Gasteiger partial charge in [0.25, 0.3) is 0 Å². The second-order valence-electron chi connectivity index (χ2n) is 7.40. The van der Waals surface area contributed by atoms with Crippen molar-refractivity contribution in [2.45, 2.75) is 46.1 Å². The van der Waals surface area contributed by atoms with Gasteiger partial charge in [-0.25, -0.2) is 0 Å². The smallest absolute Gasteiger partial charge is 0.211 e. The third-order valence-corrected chi connectivity index (χ3v) is 4.47. The van der Waals surface area contributed by atoms with Gasteiger partial charge in [0.05, 0.1) is 0 Å². The standard InChI is InChI=1S/C21H25N3O3/c1-13(2)15-7-6-14(3)20-17(8-15)16(9-18(20)22-11-25)19(23-12-26)10-21(4,5)24-27/h6-13H,1-5H3,(H,22,25)(H,23,26). The normalized spacial score (nSPS) is 12.1. The minimum atomic E-state index is -1.000. The summed E-state index contributed by atoms with van der Waals surface area (Å²) in [5.74, 6) is 0.296. The van der Waals surface area contributed by atoms with Crippen LogP contribution < -0.4 is 10.6 Å². The molecule has 0 fully saturated rings. The molecule has 2 N–H and O–H groups in total. The van der Waals surface area contributed by atoms with Gasteiger partial charge < -0.3 is 10.6 Å². The number of rotatable bonds is 8. The van der Waals surface area contributed by atoms with Gasteiger partial charge in [-0.05, 0) is 55.5 Å². The van der Waals surface area contributed by atoms with Crippen LogP contribution in [0, 0.1) is 11.8 Å². The van der Waals surface area contributed by atoms with Crippen LogP contribution in [0.1, 0.15) is 50.3 Å². The third-order valence-electron chi connectivity index (χ3n) is 4.47. The van der Waals surface area contributed by atoms with Crippen LogP contribution in [-0.4, -0.2) is 18.4 Å². The van der Waals surface area contributed by atoms with Crippen LogP contribution in [0.5, 0.6) is 0 Å². The minimum absolute atomic E-state index is 0.296. The lowest BCUT2D eigenvalue weighted by molar-refractivity contribution is -0.108. The predicted molar refractivity (Wildman–Crippen MR) is 109 cm³/mol. The number of anilines is 1. The molecule has 0 aromatic heterocycles. The fourth-order valence-electron chi connectivity index (χ4n) is 3.07. The Balaban J connectivity index is 2.85. The molecule has 0 aliphatic heterocycles. The number of aryl methyl sites for hydroxylation is 1. The van der Waals surface area contributed by atoms with Crippen LogP contribution in [0.3, 0.4) is 0 Å². The Morgan fingerprint density at radius 2 is 1.85 bits per heavy atom. The van der Waals surface area contributed by atoms with Crippen LogP contribution in [0.4, 0.5) is 5.69 Å². The Morgan fingerprint density at radius 3 is 2.41 bits per heavy atom. The average molecular weight is 367 g/mol. The van der Waals surface area contributed by atoms with E-state index in [1.54, 1.807) is 26.0 Å². The molecular formula is C21H25N3O3. The highest BCUT2D eigenvalue weighted by Gasteiger charge is 2.23. The van der Waals surface area contributed by atoms with E-state index in [9.17, 15) is 14.5 Å². The molecule has 2 amide bonds. The van der Waals surface area contributed by atoms with E-state index in [0.29, 0.717) is 30.1 Å². The van der Waals surface area contributed by atoms with Crippen LogP contribution in [0.15, 0.2) is 35.5 Å². The van der Waals surface area contributed by atoms with Gasteiger partial charge in [0.1, 0.15) is 5.54 Å². The predicted octanol–water partition coefficient (Wildman–Crippen LogP) is 4.42. The molecule has 0 aromatic carbocycles. The van der Waals surface area contributed by atoms with Crippen molar-refractivity contribution >= 4 is 24.2 Å². The Kier molecular flexibility index (Phi) is 6.10. The molecule has 27 heavy (non-hydrogen) atoms. The third kappa shape index (κ3) is 4.39. The molecule has 0 radical (unpaired) electrons. The molecule has 0 aromatic rings. The van der Waals surface area contributed by atoms with Gasteiger partial charge in [-0.2, -0.15) is 0 Å². The maximum atomic E-state index is 11.2. The number of nitrogens with zero attached hydrogens (tertiary/aromatic N) is 1. The van der Waals surface area contributed by atoms with Crippen LogP contribution in [-0.2, 0) is 9.59 Å². The molecule has 0 unspecified atom stereocenters. The number of carbonyl (C=O) groups excluding carboxylic acids is 2. The number of nitroso groups, excluding NO2 is 1. The zero-order valence-electron chi connectivity index (χ0n) is 16.3. The van der Waals surface area contributed by atoms with Gasteiger partial charge in [0.2, 0.25) is 12.8 Å². The van der Waals surface area contributed by atoms with E-state index in [4.69, 9.17) is 0 Å². The van der Waals surface area contributed by atoms with Gasteiger partial charge in [-0.3, -0.25) is 9.59 Å². The van der Waals surface area contributed by atoms with Crippen molar-refractivity contribution in [3.05, 3.63) is 51.9 Å². The number of nitrogens with one attached hydrogen (secondary N) is 2. The van der Waals surface area contributed by atoms with Crippen molar-refractivity contribution in [3.63, 3.8) is 0 Å². The Bertz CT molecular complexity index is 869.